The molecule has 0 spiro atoms. The molecule has 0 unspecified atom stereocenters. The molecule has 0 radical (unpaired) electrons. The highest BCUT2D eigenvalue weighted by atomic mass is 32.2. The lowest BCUT2D eigenvalue weighted by molar-refractivity contribution is -0.384. The fraction of sp³-hybridized carbons (Fsp3) is 0.235. The minimum Gasteiger partial charge on any atom is -0.379 e. The van der Waals surface area contributed by atoms with Crippen molar-refractivity contribution in [1.29, 1.82) is 0 Å². The number of nitro groups is 1. The van der Waals surface area contributed by atoms with Gasteiger partial charge in [-0.05, 0) is 49.2 Å². The van der Waals surface area contributed by atoms with E-state index in [1.165, 1.54) is 30.3 Å². The molecule has 0 saturated carbocycles. The van der Waals surface area contributed by atoms with E-state index in [2.05, 4.69) is 0 Å². The molecule has 26 heavy (non-hydrogen) atoms. The molecule has 1 fully saturated rings. The Morgan fingerprint density at radius 1 is 1.15 bits per heavy atom. The predicted octanol–water partition coefficient (Wildman–Crippen LogP) is 2.80. The van der Waals surface area contributed by atoms with Crippen molar-refractivity contribution >= 4 is 27.4 Å². The van der Waals surface area contributed by atoms with Crippen LogP contribution in [0.5, 0.6) is 5.75 Å². The van der Waals surface area contributed by atoms with Crippen LogP contribution in [-0.4, -0.2) is 25.8 Å². The van der Waals surface area contributed by atoms with Gasteiger partial charge in [0.1, 0.15) is 10.6 Å². The number of benzene rings is 2. The van der Waals surface area contributed by atoms with Crippen molar-refractivity contribution in [3.05, 3.63) is 58.1 Å². The zero-order valence-corrected chi connectivity index (χ0v) is 14.7. The maximum atomic E-state index is 12.5. The van der Waals surface area contributed by atoms with Crippen molar-refractivity contribution in [2.75, 3.05) is 11.4 Å². The minimum absolute atomic E-state index is 0.0159. The first-order valence-electron chi connectivity index (χ1n) is 7.88. The fourth-order valence-electron chi connectivity index (χ4n) is 2.80. The Bertz CT molecular complexity index is 969. The molecule has 3 rings (SSSR count). The molecular formula is C17H16N2O6S. The lowest BCUT2D eigenvalue weighted by atomic mass is 10.2. The maximum absolute atomic E-state index is 12.5. The highest BCUT2D eigenvalue weighted by Gasteiger charge is 2.25. The van der Waals surface area contributed by atoms with Gasteiger partial charge in [-0.3, -0.25) is 14.9 Å². The number of rotatable bonds is 5. The Morgan fingerprint density at radius 3 is 2.38 bits per heavy atom. The molecule has 0 N–H and O–H groups in total. The summed E-state index contributed by atoms with van der Waals surface area (Å²) in [6, 6.07) is 9.39. The summed E-state index contributed by atoms with van der Waals surface area (Å²) in [6.07, 6.45) is 1.27. The maximum Gasteiger partial charge on any atom is 0.339 e. The van der Waals surface area contributed by atoms with Crippen molar-refractivity contribution in [2.45, 2.75) is 24.7 Å². The molecule has 9 heteroatoms. The summed E-state index contributed by atoms with van der Waals surface area (Å²) in [5, 5.41) is 10.6. The monoisotopic (exact) mass is 376 g/mol. The van der Waals surface area contributed by atoms with Crippen LogP contribution in [0.1, 0.15) is 18.4 Å². The standard InChI is InChI=1S/C17H16N2O6S/c1-12-11-14(18-10-2-3-17(18)20)6-9-16(12)26(23,24)25-15-7-4-13(5-8-15)19(21)22/h4-9,11H,2-3,10H2,1H3. The average molecular weight is 376 g/mol. The van der Waals surface area contributed by atoms with Gasteiger partial charge in [0.15, 0.2) is 0 Å². The molecule has 1 saturated heterocycles. The van der Waals surface area contributed by atoms with Gasteiger partial charge in [0.2, 0.25) is 5.91 Å². The molecular weight excluding hydrogens is 360 g/mol. The van der Waals surface area contributed by atoms with E-state index in [1.54, 1.807) is 24.0 Å². The largest absolute Gasteiger partial charge is 0.379 e. The zero-order chi connectivity index (χ0) is 18.9. The molecule has 1 aliphatic heterocycles. The third-order valence-corrected chi connectivity index (χ3v) is 5.48. The van der Waals surface area contributed by atoms with Crippen molar-refractivity contribution in [3.63, 3.8) is 0 Å². The Balaban J connectivity index is 1.84. The summed E-state index contributed by atoms with van der Waals surface area (Å²) in [5.74, 6) is -0.00376. The fourth-order valence-corrected chi connectivity index (χ4v) is 3.94. The van der Waals surface area contributed by atoms with Gasteiger partial charge in [-0.1, -0.05) is 0 Å². The number of hydrogen-bond donors (Lipinski definition) is 0. The van der Waals surface area contributed by atoms with Gasteiger partial charge >= 0.3 is 10.1 Å². The Hall–Kier alpha value is -2.94. The van der Waals surface area contributed by atoms with Crippen LogP contribution in [0.3, 0.4) is 0 Å². The number of anilines is 1. The molecule has 2 aromatic carbocycles. The molecule has 1 heterocycles. The molecule has 0 atom stereocenters. The molecule has 2 aromatic rings. The first kappa shape index (κ1) is 17.9. The second-order valence-corrected chi connectivity index (χ2v) is 7.40. The van der Waals surface area contributed by atoms with Gasteiger partial charge in [0, 0.05) is 30.8 Å². The van der Waals surface area contributed by atoms with E-state index in [-0.39, 0.29) is 22.2 Å². The Morgan fingerprint density at radius 2 is 1.85 bits per heavy atom. The molecule has 0 aliphatic carbocycles. The lowest BCUT2D eigenvalue weighted by Gasteiger charge is -2.17. The second kappa shape index (κ2) is 6.75. The van der Waals surface area contributed by atoms with Crippen molar-refractivity contribution in [1.82, 2.24) is 0 Å². The number of nitrogens with zero attached hydrogens (tertiary/aromatic N) is 2. The summed E-state index contributed by atoms with van der Waals surface area (Å²) in [6.45, 7) is 2.24. The summed E-state index contributed by atoms with van der Waals surface area (Å²) < 4.78 is 30.1. The third-order valence-electron chi connectivity index (χ3n) is 4.07. The number of carbonyl (C=O) groups excluding carboxylic acids is 1. The first-order chi connectivity index (χ1) is 12.3. The van der Waals surface area contributed by atoms with E-state index in [4.69, 9.17) is 4.18 Å². The number of carbonyl (C=O) groups is 1. The number of amides is 1. The van der Waals surface area contributed by atoms with Crippen LogP contribution in [0.15, 0.2) is 47.4 Å². The summed E-state index contributed by atoms with van der Waals surface area (Å²) in [7, 11) is -4.10. The normalized spacial score (nSPS) is 14.5. The predicted molar refractivity (Wildman–Crippen MR) is 93.7 cm³/mol. The van der Waals surface area contributed by atoms with E-state index >= 15 is 0 Å². The van der Waals surface area contributed by atoms with E-state index in [9.17, 15) is 23.3 Å². The summed E-state index contributed by atoms with van der Waals surface area (Å²) in [5.41, 5.74) is 0.939. The molecule has 1 amide bonds. The van der Waals surface area contributed by atoms with Crippen LogP contribution in [-0.2, 0) is 14.9 Å². The minimum atomic E-state index is -4.10. The topological polar surface area (TPSA) is 107 Å². The number of hydrogen-bond acceptors (Lipinski definition) is 6. The number of nitro benzene ring substituents is 1. The van der Waals surface area contributed by atoms with Gasteiger partial charge in [-0.15, -0.1) is 0 Å². The van der Waals surface area contributed by atoms with E-state index in [0.717, 1.165) is 6.42 Å². The SMILES string of the molecule is Cc1cc(N2CCCC2=O)ccc1S(=O)(=O)Oc1ccc([N+](=O)[O-])cc1. The molecule has 0 aromatic heterocycles. The van der Waals surface area contributed by atoms with Crippen molar-refractivity contribution in [3.8, 4) is 5.75 Å². The van der Waals surface area contributed by atoms with E-state index in [1.807, 2.05) is 0 Å². The second-order valence-electron chi connectivity index (χ2n) is 5.89. The molecule has 136 valence electrons. The van der Waals surface area contributed by atoms with Gasteiger partial charge in [-0.25, -0.2) is 0 Å². The Kier molecular flexibility index (Phi) is 4.64. The first-order valence-corrected chi connectivity index (χ1v) is 9.29. The highest BCUT2D eigenvalue weighted by molar-refractivity contribution is 7.87. The van der Waals surface area contributed by atoms with Gasteiger partial charge in [-0.2, -0.15) is 8.42 Å². The molecule has 0 bridgehead atoms. The number of aryl methyl sites for hydroxylation is 1. The van der Waals surface area contributed by atoms with E-state index in [0.29, 0.717) is 24.2 Å². The van der Waals surface area contributed by atoms with Gasteiger partial charge in [0.25, 0.3) is 5.69 Å². The quantitative estimate of drug-likeness (QED) is 0.451. The Labute approximate surface area is 150 Å². The van der Waals surface area contributed by atoms with Crippen molar-refractivity contribution < 1.29 is 22.3 Å². The molecule has 8 nitrogen and oxygen atoms in total. The summed E-state index contributed by atoms with van der Waals surface area (Å²) >= 11 is 0. The number of non-ortho nitro benzene ring substituents is 1. The van der Waals surface area contributed by atoms with Gasteiger partial charge in [0.05, 0.1) is 4.92 Å². The van der Waals surface area contributed by atoms with Crippen LogP contribution < -0.4 is 9.08 Å². The van der Waals surface area contributed by atoms with Crippen LogP contribution in [0.25, 0.3) is 0 Å². The zero-order valence-electron chi connectivity index (χ0n) is 13.9. The van der Waals surface area contributed by atoms with Crippen LogP contribution in [0, 0.1) is 17.0 Å². The summed E-state index contributed by atoms with van der Waals surface area (Å²) in [4.78, 5) is 23.5. The average Bonchev–Trinajstić information content (AvgIpc) is 3.00. The van der Waals surface area contributed by atoms with Crippen LogP contribution in [0.2, 0.25) is 0 Å². The van der Waals surface area contributed by atoms with Crippen LogP contribution in [0.4, 0.5) is 11.4 Å². The highest BCUT2D eigenvalue weighted by Crippen LogP contribution is 2.28. The van der Waals surface area contributed by atoms with Gasteiger partial charge < -0.3 is 9.08 Å². The van der Waals surface area contributed by atoms with Crippen molar-refractivity contribution in [2.24, 2.45) is 0 Å². The lowest BCUT2D eigenvalue weighted by Crippen LogP contribution is -2.24. The van der Waals surface area contributed by atoms with Crippen LogP contribution >= 0.6 is 0 Å². The van der Waals surface area contributed by atoms with E-state index < -0.39 is 15.0 Å². The molecule has 1 aliphatic rings. The smallest absolute Gasteiger partial charge is 0.339 e. The third kappa shape index (κ3) is 3.52.